The number of hydrogen-bond donors (Lipinski definition) is 0. The molecule has 1 unspecified atom stereocenters. The standard InChI is InChI=1S/C11H19NO/c1-3-4-8-12-9-6-5-7-11(12)10(2)13/h3-4,11H,5-9H2,1-2H3. The largest absolute Gasteiger partial charge is 0.298 e. The summed E-state index contributed by atoms with van der Waals surface area (Å²) in [6.07, 6.45) is 7.66. The van der Waals surface area contributed by atoms with Gasteiger partial charge in [-0.1, -0.05) is 18.6 Å². The van der Waals surface area contributed by atoms with E-state index in [0.29, 0.717) is 5.78 Å². The number of allylic oxidation sites excluding steroid dienone is 1. The molecular formula is C11H19NO. The Morgan fingerprint density at radius 2 is 2.31 bits per heavy atom. The number of carbonyl (C=O) groups excluding carboxylic acids is 1. The van der Waals surface area contributed by atoms with Gasteiger partial charge in [-0.05, 0) is 33.2 Å². The van der Waals surface area contributed by atoms with E-state index in [1.165, 1.54) is 12.8 Å². The van der Waals surface area contributed by atoms with Crippen molar-refractivity contribution >= 4 is 5.78 Å². The lowest BCUT2D eigenvalue weighted by Gasteiger charge is -2.33. The second-order valence-electron chi connectivity index (χ2n) is 3.69. The zero-order valence-electron chi connectivity index (χ0n) is 8.62. The monoisotopic (exact) mass is 181 g/mol. The Hall–Kier alpha value is -0.630. The molecule has 1 heterocycles. The first kappa shape index (κ1) is 10.5. The average molecular weight is 181 g/mol. The summed E-state index contributed by atoms with van der Waals surface area (Å²) >= 11 is 0. The van der Waals surface area contributed by atoms with Crippen LogP contribution in [0, 0.1) is 0 Å². The summed E-state index contributed by atoms with van der Waals surface area (Å²) in [4.78, 5) is 13.6. The number of likely N-dealkylation sites (tertiary alicyclic amines) is 1. The maximum Gasteiger partial charge on any atom is 0.146 e. The molecule has 0 aromatic carbocycles. The van der Waals surface area contributed by atoms with E-state index >= 15 is 0 Å². The highest BCUT2D eigenvalue weighted by molar-refractivity contribution is 5.81. The molecule has 0 aromatic heterocycles. The van der Waals surface area contributed by atoms with Crippen molar-refractivity contribution in [3.05, 3.63) is 12.2 Å². The second-order valence-corrected chi connectivity index (χ2v) is 3.69. The SMILES string of the molecule is CC=CCN1CCCCC1C(C)=O. The fraction of sp³-hybridized carbons (Fsp3) is 0.727. The van der Waals surface area contributed by atoms with Crippen molar-refractivity contribution in [3.8, 4) is 0 Å². The Bertz CT molecular complexity index is 198. The van der Waals surface area contributed by atoms with Gasteiger partial charge in [0.2, 0.25) is 0 Å². The van der Waals surface area contributed by atoms with E-state index in [-0.39, 0.29) is 6.04 Å². The van der Waals surface area contributed by atoms with Crippen molar-refractivity contribution in [2.24, 2.45) is 0 Å². The summed E-state index contributed by atoms with van der Waals surface area (Å²) in [5, 5.41) is 0. The average Bonchev–Trinajstić information content (AvgIpc) is 2.15. The molecule has 0 amide bonds. The van der Waals surface area contributed by atoms with E-state index in [1.54, 1.807) is 6.92 Å². The van der Waals surface area contributed by atoms with Crippen LogP contribution in [0.15, 0.2) is 12.2 Å². The normalized spacial score (nSPS) is 25.2. The predicted molar refractivity (Wildman–Crippen MR) is 54.7 cm³/mol. The molecule has 0 spiro atoms. The highest BCUT2D eigenvalue weighted by Gasteiger charge is 2.24. The van der Waals surface area contributed by atoms with Crippen LogP contribution in [-0.4, -0.2) is 29.8 Å². The second kappa shape index (κ2) is 5.18. The summed E-state index contributed by atoms with van der Waals surface area (Å²) < 4.78 is 0. The molecule has 0 radical (unpaired) electrons. The minimum Gasteiger partial charge on any atom is -0.298 e. The molecule has 0 aliphatic carbocycles. The molecule has 74 valence electrons. The van der Waals surface area contributed by atoms with Crippen molar-refractivity contribution in [2.45, 2.75) is 39.2 Å². The van der Waals surface area contributed by atoms with Crippen molar-refractivity contribution in [1.82, 2.24) is 4.90 Å². The van der Waals surface area contributed by atoms with Gasteiger partial charge in [-0.15, -0.1) is 0 Å². The van der Waals surface area contributed by atoms with Gasteiger partial charge in [0.05, 0.1) is 6.04 Å². The zero-order chi connectivity index (χ0) is 9.68. The summed E-state index contributed by atoms with van der Waals surface area (Å²) in [6, 6.07) is 0.185. The third-order valence-corrected chi connectivity index (χ3v) is 2.66. The number of piperidine rings is 1. The first-order chi connectivity index (χ1) is 6.25. The van der Waals surface area contributed by atoms with Crippen LogP contribution in [0.2, 0.25) is 0 Å². The highest BCUT2D eigenvalue weighted by atomic mass is 16.1. The van der Waals surface area contributed by atoms with Gasteiger partial charge in [0.25, 0.3) is 0 Å². The lowest BCUT2D eigenvalue weighted by Crippen LogP contribution is -2.43. The number of rotatable bonds is 3. The van der Waals surface area contributed by atoms with Crippen molar-refractivity contribution < 1.29 is 4.79 Å². The summed E-state index contributed by atoms with van der Waals surface area (Å²) in [5.74, 6) is 0.323. The third-order valence-electron chi connectivity index (χ3n) is 2.66. The van der Waals surface area contributed by atoms with Crippen molar-refractivity contribution in [2.75, 3.05) is 13.1 Å². The summed E-state index contributed by atoms with van der Waals surface area (Å²) in [5.41, 5.74) is 0. The topological polar surface area (TPSA) is 20.3 Å². The minimum absolute atomic E-state index is 0.185. The van der Waals surface area contributed by atoms with Crippen molar-refractivity contribution in [1.29, 1.82) is 0 Å². The first-order valence-electron chi connectivity index (χ1n) is 5.11. The van der Waals surface area contributed by atoms with Crippen LogP contribution in [0.5, 0.6) is 0 Å². The number of Topliss-reactive ketones (excluding diaryl/α,β-unsaturated/α-hetero) is 1. The Labute approximate surface area is 80.6 Å². The molecule has 1 rings (SSSR count). The highest BCUT2D eigenvalue weighted by Crippen LogP contribution is 2.17. The van der Waals surface area contributed by atoms with E-state index in [4.69, 9.17) is 0 Å². The van der Waals surface area contributed by atoms with Crippen LogP contribution >= 0.6 is 0 Å². The van der Waals surface area contributed by atoms with Crippen LogP contribution < -0.4 is 0 Å². The van der Waals surface area contributed by atoms with E-state index in [1.807, 2.05) is 13.0 Å². The lowest BCUT2D eigenvalue weighted by molar-refractivity contribution is -0.123. The Morgan fingerprint density at radius 1 is 1.54 bits per heavy atom. The molecule has 2 heteroatoms. The van der Waals surface area contributed by atoms with Gasteiger partial charge in [0.15, 0.2) is 0 Å². The molecule has 0 bridgehead atoms. The van der Waals surface area contributed by atoms with E-state index in [2.05, 4.69) is 11.0 Å². The van der Waals surface area contributed by atoms with Gasteiger partial charge in [0, 0.05) is 6.54 Å². The maximum absolute atomic E-state index is 11.3. The third kappa shape index (κ3) is 2.96. The molecule has 0 aromatic rings. The van der Waals surface area contributed by atoms with E-state index in [0.717, 1.165) is 19.5 Å². The van der Waals surface area contributed by atoms with Gasteiger partial charge in [-0.2, -0.15) is 0 Å². The molecule has 1 fully saturated rings. The number of carbonyl (C=O) groups is 1. The van der Waals surface area contributed by atoms with Gasteiger partial charge in [-0.25, -0.2) is 0 Å². The van der Waals surface area contributed by atoms with Crippen molar-refractivity contribution in [3.63, 3.8) is 0 Å². The molecule has 2 nitrogen and oxygen atoms in total. The predicted octanol–water partition coefficient (Wildman–Crippen LogP) is 2.01. The van der Waals surface area contributed by atoms with E-state index in [9.17, 15) is 4.79 Å². The fourth-order valence-corrected chi connectivity index (χ4v) is 1.91. The molecule has 1 atom stereocenters. The Morgan fingerprint density at radius 3 is 2.92 bits per heavy atom. The minimum atomic E-state index is 0.185. The number of ketones is 1. The number of hydrogen-bond acceptors (Lipinski definition) is 2. The Balaban J connectivity index is 2.51. The van der Waals surface area contributed by atoms with Gasteiger partial charge >= 0.3 is 0 Å². The summed E-state index contributed by atoms with van der Waals surface area (Å²) in [6.45, 7) is 5.74. The van der Waals surface area contributed by atoms with Crippen LogP contribution in [0.25, 0.3) is 0 Å². The molecule has 1 saturated heterocycles. The molecule has 0 N–H and O–H groups in total. The van der Waals surface area contributed by atoms with Crippen LogP contribution in [-0.2, 0) is 4.79 Å². The lowest BCUT2D eigenvalue weighted by atomic mass is 9.99. The first-order valence-corrected chi connectivity index (χ1v) is 5.11. The van der Waals surface area contributed by atoms with Crippen LogP contribution in [0.1, 0.15) is 33.1 Å². The maximum atomic E-state index is 11.3. The molecular weight excluding hydrogens is 162 g/mol. The smallest absolute Gasteiger partial charge is 0.146 e. The van der Waals surface area contributed by atoms with Gasteiger partial charge in [0.1, 0.15) is 5.78 Å². The molecule has 1 aliphatic heterocycles. The Kier molecular flexibility index (Phi) is 4.16. The quantitative estimate of drug-likeness (QED) is 0.621. The molecule has 13 heavy (non-hydrogen) atoms. The van der Waals surface area contributed by atoms with Gasteiger partial charge in [-0.3, -0.25) is 9.69 Å². The number of nitrogens with zero attached hydrogens (tertiary/aromatic N) is 1. The fourth-order valence-electron chi connectivity index (χ4n) is 1.91. The van der Waals surface area contributed by atoms with E-state index < -0.39 is 0 Å². The van der Waals surface area contributed by atoms with Crippen LogP contribution in [0.3, 0.4) is 0 Å². The molecule has 0 saturated carbocycles. The zero-order valence-corrected chi connectivity index (χ0v) is 8.62. The summed E-state index contributed by atoms with van der Waals surface area (Å²) in [7, 11) is 0. The molecule has 1 aliphatic rings. The van der Waals surface area contributed by atoms with Crippen LogP contribution in [0.4, 0.5) is 0 Å². The van der Waals surface area contributed by atoms with Gasteiger partial charge < -0.3 is 0 Å².